The van der Waals surface area contributed by atoms with Gasteiger partial charge in [-0.2, -0.15) is 10.1 Å². The van der Waals surface area contributed by atoms with Gasteiger partial charge in [0.1, 0.15) is 0 Å². The number of rotatable bonds is 5. The Balaban J connectivity index is 1.33. The van der Waals surface area contributed by atoms with Crippen LogP contribution in [0.2, 0.25) is 0 Å². The second-order valence-electron chi connectivity index (χ2n) is 8.48. The maximum absolute atomic E-state index is 12.9. The minimum atomic E-state index is -0.173. The molecule has 0 bridgehead atoms. The third-order valence-corrected chi connectivity index (χ3v) is 6.06. The van der Waals surface area contributed by atoms with Crippen LogP contribution in [0, 0.1) is 20.8 Å². The lowest BCUT2D eigenvalue weighted by Gasteiger charge is -2.20. The first kappa shape index (κ1) is 20.2. The van der Waals surface area contributed by atoms with E-state index in [1.54, 1.807) is 10.9 Å². The van der Waals surface area contributed by atoms with Gasteiger partial charge < -0.3 is 9.84 Å². The molecule has 1 aliphatic carbocycles. The summed E-state index contributed by atoms with van der Waals surface area (Å²) in [7, 11) is 0. The van der Waals surface area contributed by atoms with E-state index in [1.807, 2.05) is 63.2 Å². The summed E-state index contributed by atoms with van der Waals surface area (Å²) < 4.78 is 7.14. The van der Waals surface area contributed by atoms with Crippen molar-refractivity contribution in [1.29, 1.82) is 0 Å². The van der Waals surface area contributed by atoms with E-state index in [1.165, 1.54) is 6.42 Å². The number of anilines is 1. The van der Waals surface area contributed by atoms with Crippen molar-refractivity contribution in [3.05, 3.63) is 76.9 Å². The summed E-state index contributed by atoms with van der Waals surface area (Å²) in [6.07, 6.45) is 5.23. The summed E-state index contributed by atoms with van der Waals surface area (Å²) in [4.78, 5) is 17.4. The number of nitrogens with one attached hydrogen (secondary N) is 1. The zero-order valence-corrected chi connectivity index (χ0v) is 18.4. The fourth-order valence-electron chi connectivity index (χ4n) is 3.90. The topological polar surface area (TPSA) is 85.8 Å². The summed E-state index contributed by atoms with van der Waals surface area (Å²) in [5.41, 5.74) is 5.94. The minimum Gasteiger partial charge on any atom is -0.339 e. The van der Waals surface area contributed by atoms with Gasteiger partial charge in [-0.25, -0.2) is 4.68 Å². The highest BCUT2D eigenvalue weighted by molar-refractivity contribution is 6.05. The zero-order valence-electron chi connectivity index (χ0n) is 18.4. The molecule has 162 valence electrons. The van der Waals surface area contributed by atoms with Gasteiger partial charge in [0.2, 0.25) is 11.7 Å². The molecule has 1 saturated carbocycles. The largest absolute Gasteiger partial charge is 0.339 e. The standard InChI is InChI=1S/C25H25N5O2/c1-15-7-12-22(16(2)13-15)26-24(31)21-14-30(28-17(21)3)20-10-8-18(9-11-20)23-27-25(32-29-23)19-5-4-6-19/h7-14,19H,4-6H2,1-3H3,(H,26,31). The Hall–Kier alpha value is -3.74. The van der Waals surface area contributed by atoms with E-state index in [0.29, 0.717) is 23.0 Å². The van der Waals surface area contributed by atoms with Crippen molar-refractivity contribution in [3.8, 4) is 17.1 Å². The second-order valence-corrected chi connectivity index (χ2v) is 8.48. The van der Waals surface area contributed by atoms with Crippen LogP contribution in [0.1, 0.15) is 58.2 Å². The molecule has 0 atom stereocenters. The van der Waals surface area contributed by atoms with Crippen LogP contribution in [0.3, 0.4) is 0 Å². The van der Waals surface area contributed by atoms with Gasteiger partial charge in [-0.05, 0) is 69.5 Å². The van der Waals surface area contributed by atoms with Crippen LogP contribution in [-0.2, 0) is 0 Å². The predicted molar refractivity (Wildman–Crippen MR) is 122 cm³/mol. The van der Waals surface area contributed by atoms with E-state index >= 15 is 0 Å². The van der Waals surface area contributed by atoms with Crippen LogP contribution in [0.4, 0.5) is 5.69 Å². The smallest absolute Gasteiger partial charge is 0.259 e. The Morgan fingerprint density at radius 2 is 1.88 bits per heavy atom. The van der Waals surface area contributed by atoms with E-state index in [0.717, 1.165) is 46.8 Å². The summed E-state index contributed by atoms with van der Waals surface area (Å²) >= 11 is 0. The SMILES string of the molecule is Cc1ccc(NC(=O)c2cn(-c3ccc(-c4noc(C5CCC5)n4)cc3)nc2C)c(C)c1. The van der Waals surface area contributed by atoms with Crippen molar-refractivity contribution < 1.29 is 9.32 Å². The van der Waals surface area contributed by atoms with E-state index in [-0.39, 0.29) is 5.91 Å². The fourth-order valence-corrected chi connectivity index (χ4v) is 3.90. The molecule has 1 N–H and O–H groups in total. The molecule has 1 fully saturated rings. The average Bonchev–Trinajstić information content (AvgIpc) is 3.36. The summed E-state index contributed by atoms with van der Waals surface area (Å²) in [5, 5.41) is 11.7. The van der Waals surface area contributed by atoms with Gasteiger partial charge in [0.25, 0.3) is 5.91 Å². The minimum absolute atomic E-state index is 0.173. The molecule has 2 aromatic heterocycles. The number of hydrogen-bond donors (Lipinski definition) is 1. The molecule has 0 saturated heterocycles. The lowest BCUT2D eigenvalue weighted by molar-refractivity contribution is 0.102. The first-order valence-electron chi connectivity index (χ1n) is 10.9. The Labute approximate surface area is 186 Å². The first-order valence-corrected chi connectivity index (χ1v) is 10.9. The van der Waals surface area contributed by atoms with Gasteiger partial charge in [-0.3, -0.25) is 4.79 Å². The number of nitrogens with zero attached hydrogens (tertiary/aromatic N) is 4. The maximum Gasteiger partial charge on any atom is 0.259 e. The van der Waals surface area contributed by atoms with Crippen LogP contribution >= 0.6 is 0 Å². The normalized spacial score (nSPS) is 13.7. The lowest BCUT2D eigenvalue weighted by atomic mass is 9.85. The van der Waals surface area contributed by atoms with Crippen molar-refractivity contribution in [2.75, 3.05) is 5.32 Å². The van der Waals surface area contributed by atoms with Crippen LogP contribution in [0.25, 0.3) is 17.1 Å². The number of aromatic nitrogens is 4. The molecule has 0 radical (unpaired) electrons. The lowest BCUT2D eigenvalue weighted by Crippen LogP contribution is -2.13. The van der Waals surface area contributed by atoms with Crippen molar-refractivity contribution in [2.24, 2.45) is 0 Å². The summed E-state index contributed by atoms with van der Waals surface area (Å²) in [6.45, 7) is 5.85. The number of carbonyl (C=O) groups is 1. The molecule has 0 unspecified atom stereocenters. The van der Waals surface area contributed by atoms with Gasteiger partial charge in [0, 0.05) is 23.4 Å². The fraction of sp³-hybridized carbons (Fsp3) is 0.280. The van der Waals surface area contributed by atoms with Crippen LogP contribution in [0.15, 0.2) is 53.2 Å². The molecular weight excluding hydrogens is 402 g/mol. The Bertz CT molecular complexity index is 1280. The molecule has 32 heavy (non-hydrogen) atoms. The predicted octanol–water partition coefficient (Wildman–Crippen LogP) is 5.37. The number of benzene rings is 2. The number of carbonyl (C=O) groups excluding carboxylic acids is 1. The molecule has 1 amide bonds. The Kier molecular flexibility index (Phi) is 5.09. The quantitative estimate of drug-likeness (QED) is 0.463. The van der Waals surface area contributed by atoms with Gasteiger partial charge >= 0.3 is 0 Å². The van der Waals surface area contributed by atoms with E-state index < -0.39 is 0 Å². The molecule has 2 heterocycles. The van der Waals surface area contributed by atoms with Gasteiger partial charge in [-0.15, -0.1) is 0 Å². The van der Waals surface area contributed by atoms with Crippen molar-refractivity contribution >= 4 is 11.6 Å². The molecule has 2 aromatic carbocycles. The number of amides is 1. The van der Waals surface area contributed by atoms with Gasteiger partial charge in [0.05, 0.1) is 16.9 Å². The highest BCUT2D eigenvalue weighted by Crippen LogP contribution is 2.36. The highest BCUT2D eigenvalue weighted by Gasteiger charge is 2.25. The Morgan fingerprint density at radius 1 is 1.09 bits per heavy atom. The van der Waals surface area contributed by atoms with Crippen LogP contribution in [0.5, 0.6) is 0 Å². The summed E-state index contributed by atoms with van der Waals surface area (Å²) in [6, 6.07) is 13.7. The van der Waals surface area contributed by atoms with E-state index in [2.05, 4.69) is 20.6 Å². The van der Waals surface area contributed by atoms with Crippen LogP contribution < -0.4 is 5.32 Å². The molecule has 7 nitrogen and oxygen atoms in total. The van der Waals surface area contributed by atoms with Crippen molar-refractivity contribution in [2.45, 2.75) is 46.0 Å². The van der Waals surface area contributed by atoms with E-state index in [4.69, 9.17) is 4.52 Å². The molecule has 4 aromatic rings. The molecule has 5 rings (SSSR count). The second kappa shape index (κ2) is 8.07. The van der Waals surface area contributed by atoms with Crippen LogP contribution in [-0.4, -0.2) is 25.8 Å². The number of hydrogen-bond acceptors (Lipinski definition) is 5. The molecule has 7 heteroatoms. The molecular formula is C25H25N5O2. The van der Waals surface area contributed by atoms with E-state index in [9.17, 15) is 4.79 Å². The van der Waals surface area contributed by atoms with Crippen molar-refractivity contribution in [1.82, 2.24) is 19.9 Å². The Morgan fingerprint density at radius 3 is 2.56 bits per heavy atom. The maximum atomic E-state index is 12.9. The first-order chi connectivity index (χ1) is 15.5. The molecule has 1 aliphatic rings. The third kappa shape index (κ3) is 3.82. The average molecular weight is 428 g/mol. The molecule has 0 aliphatic heterocycles. The summed E-state index contributed by atoms with van der Waals surface area (Å²) in [5.74, 6) is 1.57. The highest BCUT2D eigenvalue weighted by atomic mass is 16.5. The van der Waals surface area contributed by atoms with Crippen molar-refractivity contribution in [3.63, 3.8) is 0 Å². The monoisotopic (exact) mass is 427 g/mol. The third-order valence-electron chi connectivity index (χ3n) is 6.06. The van der Waals surface area contributed by atoms with Gasteiger partial charge in [0.15, 0.2) is 0 Å². The zero-order chi connectivity index (χ0) is 22.2. The number of aryl methyl sites for hydroxylation is 3. The molecule has 0 spiro atoms. The van der Waals surface area contributed by atoms with Gasteiger partial charge in [-0.1, -0.05) is 29.3 Å².